The zero-order chi connectivity index (χ0) is 12.4. The minimum absolute atomic E-state index is 0.311. The van der Waals surface area contributed by atoms with E-state index in [1.54, 1.807) is 7.11 Å². The number of benzene rings is 1. The molecule has 1 aromatic heterocycles. The second-order valence-corrected chi connectivity index (χ2v) is 4.42. The highest BCUT2D eigenvalue weighted by Gasteiger charge is 2.12. The highest BCUT2D eigenvalue weighted by Crippen LogP contribution is 2.27. The molecular weight excluding hydrogens is 236 g/mol. The number of nitrogens with zero attached hydrogens (tertiary/aromatic N) is 2. The van der Waals surface area contributed by atoms with E-state index >= 15 is 0 Å². The fraction of sp³-hybridized carbons (Fsp3) is 0.385. The van der Waals surface area contributed by atoms with Crippen LogP contribution < -0.4 is 4.74 Å². The van der Waals surface area contributed by atoms with Crippen LogP contribution in [0.3, 0.4) is 0 Å². The van der Waals surface area contributed by atoms with Gasteiger partial charge in [-0.15, -0.1) is 0 Å². The molecule has 90 valence electrons. The molecule has 0 aliphatic heterocycles. The van der Waals surface area contributed by atoms with Crippen molar-refractivity contribution in [3.63, 3.8) is 0 Å². The minimum atomic E-state index is 0.311. The topological polar surface area (TPSA) is 35.0 Å². The first-order valence-corrected chi connectivity index (χ1v) is 6.04. The molecule has 0 aliphatic carbocycles. The van der Waals surface area contributed by atoms with Gasteiger partial charge in [0.1, 0.15) is 5.75 Å². The van der Waals surface area contributed by atoms with Gasteiger partial charge in [0.15, 0.2) is 5.15 Å². The maximum Gasteiger partial charge on any atom is 0.151 e. The monoisotopic (exact) mass is 250 g/mol. The molecule has 17 heavy (non-hydrogen) atoms. The number of hydrogen-bond donors (Lipinski definition) is 0. The Bertz CT molecular complexity index is 542. The fourth-order valence-electron chi connectivity index (χ4n) is 1.66. The van der Waals surface area contributed by atoms with E-state index in [0.29, 0.717) is 11.1 Å². The second-order valence-electron chi connectivity index (χ2n) is 4.06. The SMILES string of the molecule is CCC(C)c1nc2cc(OC)ccc2nc1Cl. The largest absolute Gasteiger partial charge is 0.497 e. The molecule has 0 bridgehead atoms. The highest BCUT2D eigenvalue weighted by atomic mass is 35.5. The van der Waals surface area contributed by atoms with Crippen molar-refractivity contribution in [2.75, 3.05) is 7.11 Å². The summed E-state index contributed by atoms with van der Waals surface area (Å²) in [5, 5.41) is 0.497. The zero-order valence-electron chi connectivity index (χ0n) is 10.2. The lowest BCUT2D eigenvalue weighted by Crippen LogP contribution is -2.00. The van der Waals surface area contributed by atoms with Crippen LogP contribution in [-0.2, 0) is 0 Å². The Labute approximate surface area is 106 Å². The average molecular weight is 251 g/mol. The van der Waals surface area contributed by atoms with Crippen molar-refractivity contribution in [3.05, 3.63) is 29.0 Å². The molecule has 1 atom stereocenters. The molecule has 0 spiro atoms. The Morgan fingerprint density at radius 2 is 2.06 bits per heavy atom. The van der Waals surface area contributed by atoms with E-state index in [-0.39, 0.29) is 0 Å². The summed E-state index contributed by atoms with van der Waals surface area (Å²) in [5.74, 6) is 1.09. The van der Waals surface area contributed by atoms with Crippen molar-refractivity contribution in [2.24, 2.45) is 0 Å². The first kappa shape index (κ1) is 12.1. The third-order valence-electron chi connectivity index (χ3n) is 2.93. The Balaban J connectivity index is 2.60. The number of rotatable bonds is 3. The molecule has 0 saturated carbocycles. The maximum absolute atomic E-state index is 6.15. The first-order valence-electron chi connectivity index (χ1n) is 5.67. The molecule has 0 saturated heterocycles. The number of methoxy groups -OCH3 is 1. The van der Waals surface area contributed by atoms with Gasteiger partial charge in [-0.2, -0.15) is 0 Å². The van der Waals surface area contributed by atoms with Crippen molar-refractivity contribution in [3.8, 4) is 5.75 Å². The van der Waals surface area contributed by atoms with Crippen molar-refractivity contribution >= 4 is 22.6 Å². The van der Waals surface area contributed by atoms with Crippen LogP contribution >= 0.6 is 11.6 Å². The van der Waals surface area contributed by atoms with Crippen LogP contribution in [0.2, 0.25) is 5.15 Å². The lowest BCUT2D eigenvalue weighted by molar-refractivity contribution is 0.415. The number of ether oxygens (including phenoxy) is 1. The van der Waals surface area contributed by atoms with E-state index in [4.69, 9.17) is 16.3 Å². The van der Waals surface area contributed by atoms with Crippen LogP contribution in [0.5, 0.6) is 5.75 Å². The summed E-state index contributed by atoms with van der Waals surface area (Å²) in [4.78, 5) is 8.95. The third kappa shape index (κ3) is 2.34. The minimum Gasteiger partial charge on any atom is -0.497 e. The molecule has 2 aromatic rings. The molecular formula is C13H15ClN2O. The molecule has 2 rings (SSSR count). The first-order chi connectivity index (χ1) is 8.15. The van der Waals surface area contributed by atoms with Gasteiger partial charge in [0, 0.05) is 12.0 Å². The Kier molecular flexibility index (Phi) is 3.48. The van der Waals surface area contributed by atoms with Crippen LogP contribution in [0.15, 0.2) is 18.2 Å². The molecule has 1 heterocycles. The van der Waals surface area contributed by atoms with E-state index in [1.807, 2.05) is 18.2 Å². The van der Waals surface area contributed by atoms with E-state index in [9.17, 15) is 0 Å². The summed E-state index contributed by atoms with van der Waals surface area (Å²) < 4.78 is 5.18. The summed E-state index contributed by atoms with van der Waals surface area (Å²) in [6, 6.07) is 5.61. The fourth-order valence-corrected chi connectivity index (χ4v) is 1.98. The van der Waals surface area contributed by atoms with E-state index in [2.05, 4.69) is 23.8 Å². The second kappa shape index (κ2) is 4.88. The lowest BCUT2D eigenvalue weighted by atomic mass is 10.1. The summed E-state index contributed by atoms with van der Waals surface area (Å²) in [5.41, 5.74) is 2.47. The van der Waals surface area contributed by atoms with Gasteiger partial charge >= 0.3 is 0 Å². The van der Waals surface area contributed by atoms with Crippen LogP contribution in [-0.4, -0.2) is 17.1 Å². The molecule has 0 radical (unpaired) electrons. The van der Waals surface area contributed by atoms with E-state index in [1.165, 1.54) is 0 Å². The summed E-state index contributed by atoms with van der Waals surface area (Å²) in [7, 11) is 1.64. The van der Waals surface area contributed by atoms with Gasteiger partial charge in [0.2, 0.25) is 0 Å². The molecule has 0 N–H and O–H groups in total. The molecule has 1 aromatic carbocycles. The maximum atomic E-state index is 6.15. The molecule has 0 amide bonds. The predicted molar refractivity (Wildman–Crippen MR) is 69.8 cm³/mol. The van der Waals surface area contributed by atoms with Gasteiger partial charge in [-0.3, -0.25) is 0 Å². The Morgan fingerprint density at radius 1 is 1.29 bits per heavy atom. The standard InChI is InChI=1S/C13H15ClN2O/c1-4-8(2)12-13(14)16-10-6-5-9(17-3)7-11(10)15-12/h5-8H,4H2,1-3H3. The zero-order valence-corrected chi connectivity index (χ0v) is 11.0. The van der Waals surface area contributed by atoms with Gasteiger partial charge in [-0.25, -0.2) is 9.97 Å². The van der Waals surface area contributed by atoms with Crippen LogP contribution in [0.25, 0.3) is 11.0 Å². The van der Waals surface area contributed by atoms with Gasteiger partial charge < -0.3 is 4.74 Å². The Hall–Kier alpha value is -1.35. The van der Waals surface area contributed by atoms with E-state index < -0.39 is 0 Å². The van der Waals surface area contributed by atoms with Crippen molar-refractivity contribution < 1.29 is 4.74 Å². The van der Waals surface area contributed by atoms with Gasteiger partial charge in [0.25, 0.3) is 0 Å². The van der Waals surface area contributed by atoms with Gasteiger partial charge in [-0.05, 0) is 18.6 Å². The van der Waals surface area contributed by atoms with Gasteiger partial charge in [-0.1, -0.05) is 25.4 Å². The molecule has 4 heteroatoms. The average Bonchev–Trinajstić information content (AvgIpc) is 2.36. The predicted octanol–water partition coefficient (Wildman–Crippen LogP) is 3.81. The number of aromatic nitrogens is 2. The summed E-state index contributed by atoms with van der Waals surface area (Å²) >= 11 is 6.15. The van der Waals surface area contributed by atoms with Crippen molar-refractivity contribution in [1.29, 1.82) is 0 Å². The smallest absolute Gasteiger partial charge is 0.151 e. The number of hydrogen-bond acceptors (Lipinski definition) is 3. The third-order valence-corrected chi connectivity index (χ3v) is 3.21. The Morgan fingerprint density at radius 3 is 2.71 bits per heavy atom. The number of fused-ring (bicyclic) bond motifs is 1. The lowest BCUT2D eigenvalue weighted by Gasteiger charge is -2.11. The molecule has 1 unspecified atom stereocenters. The molecule has 0 aliphatic rings. The molecule has 3 nitrogen and oxygen atoms in total. The number of halogens is 1. The highest BCUT2D eigenvalue weighted by molar-refractivity contribution is 6.30. The van der Waals surface area contributed by atoms with Crippen LogP contribution in [0.4, 0.5) is 0 Å². The van der Waals surface area contributed by atoms with E-state index in [0.717, 1.165) is 28.9 Å². The van der Waals surface area contributed by atoms with Crippen molar-refractivity contribution in [1.82, 2.24) is 9.97 Å². The normalized spacial score (nSPS) is 12.7. The summed E-state index contributed by atoms with van der Waals surface area (Å²) in [6.45, 7) is 4.21. The van der Waals surface area contributed by atoms with Crippen LogP contribution in [0.1, 0.15) is 31.9 Å². The molecule has 0 fully saturated rings. The quantitative estimate of drug-likeness (QED) is 0.831. The van der Waals surface area contributed by atoms with Gasteiger partial charge in [0.05, 0.1) is 23.8 Å². The van der Waals surface area contributed by atoms with Crippen LogP contribution in [0, 0.1) is 0 Å². The summed E-state index contributed by atoms with van der Waals surface area (Å²) in [6.07, 6.45) is 0.990. The van der Waals surface area contributed by atoms with Crippen molar-refractivity contribution in [2.45, 2.75) is 26.2 Å².